The topological polar surface area (TPSA) is 253 Å². The molecule has 1 unspecified atom stereocenters. The number of benzene rings is 2. The molecule has 1 aliphatic rings. The highest BCUT2D eigenvalue weighted by Gasteiger charge is 2.31. The van der Waals surface area contributed by atoms with Crippen LogP contribution in [0.1, 0.15) is 57.4 Å². The number of aromatic nitrogens is 5. The number of fused-ring (bicyclic) bond motifs is 1. The van der Waals surface area contributed by atoms with Gasteiger partial charge in [-0.15, -0.1) is 0 Å². The van der Waals surface area contributed by atoms with Crippen molar-refractivity contribution in [1.29, 1.82) is 0 Å². The molecular weight excluding hydrogens is 834 g/mol. The number of primary amides is 1. The number of aryl methyl sites for hydroxylation is 1. The van der Waals surface area contributed by atoms with Gasteiger partial charge in [-0.2, -0.15) is 18.3 Å². The summed E-state index contributed by atoms with van der Waals surface area (Å²) >= 11 is 0. The standard InChI is InChI=1S/C41H41F3N10O9/c42-41(43,44)23-48-33-19-26(11-12-47-33)39-50-29(22-62-39)37(57)49-28-21-53(52-35(28)36(45)56)27-6-3-25(4-7-27)20-46-13-15-61-17-16-60-14-1-2-24-5-8-30-32(18-24)63-40(59)54(30)31-9-10-34(55)51-38(31)58/h3-8,11-12,18-19,21-22,31,46H,1-2,9-10,13-17,20,23H2,(H2,45,56)(H,47,48)(H,49,57)(H,51,55,58). The molecule has 6 N–H and O–H groups in total. The Morgan fingerprint density at radius 3 is 2.52 bits per heavy atom. The normalized spacial score (nSPS) is 14.2. The Hall–Kier alpha value is -7.17. The molecule has 0 saturated carbocycles. The molecule has 1 aliphatic heterocycles. The van der Waals surface area contributed by atoms with Crippen molar-refractivity contribution >= 4 is 46.2 Å². The first-order valence-electron chi connectivity index (χ1n) is 19.7. The van der Waals surface area contributed by atoms with Gasteiger partial charge in [0.2, 0.25) is 17.7 Å². The van der Waals surface area contributed by atoms with Gasteiger partial charge < -0.3 is 40.0 Å². The van der Waals surface area contributed by atoms with Gasteiger partial charge in [-0.3, -0.25) is 29.1 Å². The highest BCUT2D eigenvalue weighted by atomic mass is 19.4. The maximum Gasteiger partial charge on any atom is 0.420 e. The third-order valence-corrected chi connectivity index (χ3v) is 9.69. The number of halogens is 3. The summed E-state index contributed by atoms with van der Waals surface area (Å²) in [6, 6.07) is 14.7. The predicted octanol–water partition coefficient (Wildman–Crippen LogP) is 3.89. The van der Waals surface area contributed by atoms with E-state index >= 15 is 0 Å². The lowest BCUT2D eigenvalue weighted by Crippen LogP contribution is -2.43. The number of oxazole rings is 2. The Morgan fingerprint density at radius 2 is 1.76 bits per heavy atom. The summed E-state index contributed by atoms with van der Waals surface area (Å²) in [7, 11) is 0. The van der Waals surface area contributed by atoms with Crippen LogP contribution in [0.5, 0.6) is 0 Å². The molecule has 0 spiro atoms. The van der Waals surface area contributed by atoms with Gasteiger partial charge in [0, 0.05) is 37.9 Å². The molecule has 4 aromatic heterocycles. The molecular formula is C41H41F3N10O9. The van der Waals surface area contributed by atoms with Crippen LogP contribution < -0.4 is 32.8 Å². The van der Waals surface area contributed by atoms with Gasteiger partial charge in [0.25, 0.3) is 11.8 Å². The largest absolute Gasteiger partial charge is 0.444 e. The molecule has 0 aliphatic carbocycles. The molecule has 2 aromatic carbocycles. The van der Waals surface area contributed by atoms with Crippen molar-refractivity contribution in [3.8, 4) is 17.1 Å². The average molecular weight is 875 g/mol. The first kappa shape index (κ1) is 43.9. The van der Waals surface area contributed by atoms with Crippen LogP contribution in [0.4, 0.5) is 24.7 Å². The number of hydrogen-bond acceptors (Lipinski definition) is 14. The molecule has 1 saturated heterocycles. The second kappa shape index (κ2) is 19.7. The van der Waals surface area contributed by atoms with Gasteiger partial charge in [0.15, 0.2) is 17.0 Å². The third kappa shape index (κ3) is 11.4. The van der Waals surface area contributed by atoms with Crippen LogP contribution >= 0.6 is 0 Å². The zero-order valence-electron chi connectivity index (χ0n) is 33.4. The molecule has 1 atom stereocenters. The number of amides is 4. The lowest BCUT2D eigenvalue weighted by Gasteiger charge is -2.21. The maximum atomic E-state index is 13.1. The summed E-state index contributed by atoms with van der Waals surface area (Å²) in [6.45, 7) is 1.66. The van der Waals surface area contributed by atoms with Gasteiger partial charge in [-0.1, -0.05) is 18.2 Å². The van der Waals surface area contributed by atoms with E-state index in [4.69, 9.17) is 24.0 Å². The number of nitrogens with one attached hydrogen (secondary N) is 4. The molecule has 4 amide bonds. The van der Waals surface area contributed by atoms with E-state index in [1.54, 1.807) is 24.3 Å². The van der Waals surface area contributed by atoms with Gasteiger partial charge in [0.05, 0.1) is 42.9 Å². The van der Waals surface area contributed by atoms with Crippen molar-refractivity contribution in [3.05, 3.63) is 106 Å². The van der Waals surface area contributed by atoms with E-state index in [0.29, 0.717) is 62.7 Å². The number of nitrogens with two attached hydrogens (primary N) is 1. The fourth-order valence-corrected chi connectivity index (χ4v) is 6.63. The fraction of sp³-hybridized carbons (Fsp3) is 0.317. The van der Waals surface area contributed by atoms with Crippen LogP contribution in [0.2, 0.25) is 0 Å². The molecule has 0 radical (unpaired) electrons. The minimum atomic E-state index is -4.45. The monoisotopic (exact) mass is 874 g/mol. The molecule has 63 heavy (non-hydrogen) atoms. The maximum absolute atomic E-state index is 13.1. The number of pyridine rings is 1. The predicted molar refractivity (Wildman–Crippen MR) is 218 cm³/mol. The van der Waals surface area contributed by atoms with Crippen molar-refractivity contribution in [1.82, 2.24) is 34.9 Å². The van der Waals surface area contributed by atoms with Gasteiger partial charge in [0.1, 0.15) is 24.7 Å². The zero-order chi connectivity index (χ0) is 44.5. The molecule has 0 bridgehead atoms. The molecule has 6 aromatic rings. The summed E-state index contributed by atoms with van der Waals surface area (Å²) in [6.07, 6.45) is 1.11. The van der Waals surface area contributed by atoms with Gasteiger partial charge >= 0.3 is 11.9 Å². The number of carbonyl (C=O) groups is 4. The number of alkyl halides is 3. The van der Waals surface area contributed by atoms with Crippen LogP contribution in [0.3, 0.4) is 0 Å². The molecule has 1 fully saturated rings. The molecule has 5 heterocycles. The van der Waals surface area contributed by atoms with Crippen molar-refractivity contribution < 1.29 is 50.7 Å². The highest BCUT2D eigenvalue weighted by molar-refractivity contribution is 6.07. The Labute approximate surface area is 355 Å². The molecule has 19 nitrogen and oxygen atoms in total. The number of anilines is 2. The summed E-state index contributed by atoms with van der Waals surface area (Å²) < 4.78 is 62.6. The summed E-state index contributed by atoms with van der Waals surface area (Å²) in [4.78, 5) is 69.6. The Balaban J connectivity index is 0.795. The van der Waals surface area contributed by atoms with Crippen molar-refractivity contribution in [2.45, 2.75) is 44.4 Å². The number of hydrogen-bond donors (Lipinski definition) is 5. The lowest BCUT2D eigenvalue weighted by atomic mass is 10.1. The quantitative estimate of drug-likeness (QED) is 0.0539. The van der Waals surface area contributed by atoms with Crippen molar-refractivity contribution in [2.24, 2.45) is 5.73 Å². The van der Waals surface area contributed by atoms with Crippen LogP contribution in [0.15, 0.2) is 86.9 Å². The van der Waals surface area contributed by atoms with E-state index in [0.717, 1.165) is 23.8 Å². The third-order valence-electron chi connectivity index (χ3n) is 9.69. The fourth-order valence-electron chi connectivity index (χ4n) is 6.63. The van der Waals surface area contributed by atoms with Crippen molar-refractivity contribution in [3.63, 3.8) is 0 Å². The summed E-state index contributed by atoms with van der Waals surface area (Å²) in [5.41, 5.74) is 8.84. The smallest absolute Gasteiger partial charge is 0.420 e. The lowest BCUT2D eigenvalue weighted by molar-refractivity contribution is -0.135. The Bertz CT molecular complexity index is 2650. The number of carbonyl (C=O) groups excluding carboxylic acids is 4. The summed E-state index contributed by atoms with van der Waals surface area (Å²) in [5, 5.41) is 14.5. The van der Waals surface area contributed by atoms with Crippen LogP contribution in [-0.4, -0.2) is 93.6 Å². The van der Waals surface area contributed by atoms with Crippen LogP contribution in [0.25, 0.3) is 28.2 Å². The average Bonchev–Trinajstić information content (AvgIpc) is 4.00. The minimum Gasteiger partial charge on any atom is -0.444 e. The first-order chi connectivity index (χ1) is 30.3. The van der Waals surface area contributed by atoms with E-state index in [-0.39, 0.29) is 53.1 Å². The molecule has 7 rings (SSSR count). The van der Waals surface area contributed by atoms with Gasteiger partial charge in [-0.25, -0.2) is 19.4 Å². The van der Waals surface area contributed by atoms with E-state index in [1.165, 1.54) is 33.8 Å². The van der Waals surface area contributed by atoms with E-state index < -0.39 is 42.2 Å². The Morgan fingerprint density at radius 1 is 0.984 bits per heavy atom. The second-order valence-corrected chi connectivity index (χ2v) is 14.3. The zero-order valence-corrected chi connectivity index (χ0v) is 33.4. The summed E-state index contributed by atoms with van der Waals surface area (Å²) in [5.74, 6) is -3.26. The number of ether oxygens (including phenoxy) is 2. The highest BCUT2D eigenvalue weighted by Crippen LogP contribution is 2.26. The number of imide groups is 1. The molecule has 330 valence electrons. The SMILES string of the molecule is NC(=O)c1nn(-c2ccc(CNCCOCCOCCCc3ccc4c(c3)oc(=O)n4C3CCC(=O)NC3=O)cc2)cc1NC(=O)c1coc(-c2ccnc(NCC(F)(F)F)c2)n1. The number of nitrogens with zero attached hydrogens (tertiary/aromatic N) is 5. The van der Waals surface area contributed by atoms with Crippen LogP contribution in [-0.2, 0) is 32.0 Å². The van der Waals surface area contributed by atoms with Crippen molar-refractivity contribution in [2.75, 3.05) is 50.2 Å². The molecule has 22 heteroatoms. The van der Waals surface area contributed by atoms with E-state index in [9.17, 15) is 37.1 Å². The number of piperidine rings is 1. The van der Waals surface area contributed by atoms with Crippen LogP contribution in [0, 0.1) is 0 Å². The first-order valence-corrected chi connectivity index (χ1v) is 19.7. The van der Waals surface area contributed by atoms with E-state index in [2.05, 4.69) is 36.3 Å². The van der Waals surface area contributed by atoms with Gasteiger partial charge in [-0.05, 0) is 66.8 Å². The van der Waals surface area contributed by atoms with E-state index in [1.807, 2.05) is 18.2 Å². The minimum absolute atomic E-state index is 0.0173. The second-order valence-electron chi connectivity index (χ2n) is 14.3. The Kier molecular flexibility index (Phi) is 13.7. The number of rotatable bonds is 20.